The van der Waals surface area contributed by atoms with E-state index in [9.17, 15) is 9.59 Å². The first-order chi connectivity index (χ1) is 5.58. The molecule has 1 aliphatic heterocycles. The molecule has 2 atom stereocenters. The molecule has 4 nitrogen and oxygen atoms in total. The summed E-state index contributed by atoms with van der Waals surface area (Å²) in [5.74, 6) is -0.606. The zero-order chi connectivity index (χ0) is 9.14. The van der Waals surface area contributed by atoms with E-state index in [1.54, 1.807) is 13.8 Å². The van der Waals surface area contributed by atoms with Crippen LogP contribution < -0.4 is 0 Å². The summed E-state index contributed by atoms with van der Waals surface area (Å²) in [6.07, 6.45) is -0.429. The van der Waals surface area contributed by atoms with Crippen molar-refractivity contribution in [2.45, 2.75) is 38.9 Å². The lowest BCUT2D eigenvalue weighted by atomic mass is 10.2. The molecule has 0 unspecified atom stereocenters. The van der Waals surface area contributed by atoms with Crippen molar-refractivity contribution >= 4 is 11.9 Å². The van der Waals surface area contributed by atoms with E-state index in [4.69, 9.17) is 9.47 Å². The summed E-state index contributed by atoms with van der Waals surface area (Å²) in [7, 11) is 0. The Bertz CT molecular complexity index is 161. The highest BCUT2D eigenvalue weighted by Crippen LogP contribution is 2.10. The van der Waals surface area contributed by atoms with Crippen LogP contribution in [0.2, 0.25) is 0 Å². The van der Waals surface area contributed by atoms with Gasteiger partial charge in [0.1, 0.15) is 12.2 Å². The Balaban J connectivity index is 2.57. The molecule has 0 spiro atoms. The van der Waals surface area contributed by atoms with Gasteiger partial charge in [-0.05, 0) is 13.8 Å². The Morgan fingerprint density at radius 1 is 1.00 bits per heavy atom. The third-order valence-corrected chi connectivity index (χ3v) is 1.57. The molecule has 0 aromatic carbocycles. The van der Waals surface area contributed by atoms with Crippen LogP contribution in [0.5, 0.6) is 0 Å². The van der Waals surface area contributed by atoms with Crippen LogP contribution in [0.15, 0.2) is 0 Å². The van der Waals surface area contributed by atoms with E-state index in [-0.39, 0.29) is 37.0 Å². The zero-order valence-corrected chi connectivity index (χ0v) is 7.20. The SMILES string of the molecule is C[C@@H]1CC(=O)O[C@H](C)CC(=O)O1. The molecular formula is C8H12O4. The minimum absolute atomic E-state index is 0.149. The minimum Gasteiger partial charge on any atom is -0.462 e. The molecule has 0 bridgehead atoms. The van der Waals surface area contributed by atoms with Crippen molar-refractivity contribution in [1.82, 2.24) is 0 Å². The van der Waals surface area contributed by atoms with Crippen molar-refractivity contribution in [3.05, 3.63) is 0 Å². The first-order valence-corrected chi connectivity index (χ1v) is 3.97. The van der Waals surface area contributed by atoms with Crippen LogP contribution in [0.4, 0.5) is 0 Å². The average molecular weight is 172 g/mol. The highest BCUT2D eigenvalue weighted by Gasteiger charge is 2.22. The van der Waals surface area contributed by atoms with Gasteiger partial charge in [-0.2, -0.15) is 0 Å². The van der Waals surface area contributed by atoms with Crippen molar-refractivity contribution in [3.8, 4) is 0 Å². The number of esters is 2. The number of cyclic esters (lactones) is 2. The fourth-order valence-electron chi connectivity index (χ4n) is 1.10. The number of carbonyl (C=O) groups is 2. The first kappa shape index (κ1) is 9.03. The molecular weight excluding hydrogens is 160 g/mol. The molecule has 0 aromatic heterocycles. The van der Waals surface area contributed by atoms with E-state index < -0.39 is 0 Å². The summed E-state index contributed by atoms with van der Waals surface area (Å²) in [6, 6.07) is 0. The lowest BCUT2D eigenvalue weighted by molar-refractivity contribution is -0.166. The Kier molecular flexibility index (Phi) is 2.68. The summed E-state index contributed by atoms with van der Waals surface area (Å²) in [5.41, 5.74) is 0. The Morgan fingerprint density at radius 2 is 1.33 bits per heavy atom. The molecule has 12 heavy (non-hydrogen) atoms. The standard InChI is InChI=1S/C8H12O4/c1-5-3-7(9)12-6(2)4-8(10)11-5/h5-6H,3-4H2,1-2H3/t5-,6-/m1/s1. The van der Waals surface area contributed by atoms with Gasteiger partial charge < -0.3 is 9.47 Å². The van der Waals surface area contributed by atoms with Crippen LogP contribution in [0.1, 0.15) is 26.7 Å². The maximum Gasteiger partial charge on any atom is 0.309 e. The summed E-state index contributed by atoms with van der Waals surface area (Å²) in [6.45, 7) is 3.35. The maximum atomic E-state index is 10.9. The molecule has 0 N–H and O–H groups in total. The van der Waals surface area contributed by atoms with Crippen LogP contribution in [-0.2, 0) is 19.1 Å². The van der Waals surface area contributed by atoms with Crippen molar-refractivity contribution in [2.24, 2.45) is 0 Å². The van der Waals surface area contributed by atoms with E-state index in [1.807, 2.05) is 0 Å². The van der Waals surface area contributed by atoms with Crippen molar-refractivity contribution < 1.29 is 19.1 Å². The molecule has 1 fully saturated rings. The molecule has 0 radical (unpaired) electrons. The summed E-state index contributed by atoms with van der Waals surface area (Å²) in [4.78, 5) is 21.9. The second-order valence-electron chi connectivity index (χ2n) is 3.01. The molecule has 0 aliphatic carbocycles. The third kappa shape index (κ3) is 2.53. The summed E-state index contributed by atoms with van der Waals surface area (Å²) in [5, 5.41) is 0. The van der Waals surface area contributed by atoms with Gasteiger partial charge in [-0.25, -0.2) is 0 Å². The molecule has 0 amide bonds. The topological polar surface area (TPSA) is 52.6 Å². The molecule has 68 valence electrons. The number of rotatable bonds is 0. The number of hydrogen-bond donors (Lipinski definition) is 0. The van der Waals surface area contributed by atoms with Gasteiger partial charge >= 0.3 is 11.9 Å². The van der Waals surface area contributed by atoms with E-state index >= 15 is 0 Å². The molecule has 1 rings (SSSR count). The molecule has 1 aliphatic rings. The van der Waals surface area contributed by atoms with Crippen LogP contribution >= 0.6 is 0 Å². The molecule has 1 heterocycles. The lowest BCUT2D eigenvalue weighted by Gasteiger charge is -2.20. The highest BCUT2D eigenvalue weighted by molar-refractivity contribution is 5.75. The second-order valence-corrected chi connectivity index (χ2v) is 3.01. The predicted molar refractivity (Wildman–Crippen MR) is 40.3 cm³/mol. The predicted octanol–water partition coefficient (Wildman–Crippen LogP) is 0.644. The maximum absolute atomic E-state index is 10.9. The van der Waals surface area contributed by atoms with Gasteiger partial charge in [0, 0.05) is 0 Å². The average Bonchev–Trinajstić information content (AvgIpc) is 1.81. The molecule has 0 saturated carbocycles. The first-order valence-electron chi connectivity index (χ1n) is 3.97. The monoisotopic (exact) mass is 172 g/mol. The molecule has 1 saturated heterocycles. The van der Waals surface area contributed by atoms with E-state index in [2.05, 4.69) is 0 Å². The number of ether oxygens (including phenoxy) is 2. The summed E-state index contributed by atoms with van der Waals surface area (Å²) < 4.78 is 9.78. The van der Waals surface area contributed by atoms with E-state index in [1.165, 1.54) is 0 Å². The normalized spacial score (nSPS) is 31.5. The lowest BCUT2D eigenvalue weighted by Crippen LogP contribution is -2.29. The van der Waals surface area contributed by atoms with Crippen molar-refractivity contribution in [1.29, 1.82) is 0 Å². The van der Waals surface area contributed by atoms with Gasteiger partial charge in [-0.1, -0.05) is 0 Å². The van der Waals surface area contributed by atoms with Crippen molar-refractivity contribution in [2.75, 3.05) is 0 Å². The van der Waals surface area contributed by atoms with Crippen LogP contribution in [0, 0.1) is 0 Å². The molecule has 4 heteroatoms. The van der Waals surface area contributed by atoms with Gasteiger partial charge in [0.25, 0.3) is 0 Å². The minimum atomic E-state index is -0.363. The Morgan fingerprint density at radius 3 is 1.67 bits per heavy atom. The van der Waals surface area contributed by atoms with Gasteiger partial charge in [0.15, 0.2) is 0 Å². The fraction of sp³-hybridized carbons (Fsp3) is 0.750. The fourth-order valence-corrected chi connectivity index (χ4v) is 1.10. The van der Waals surface area contributed by atoms with Crippen molar-refractivity contribution in [3.63, 3.8) is 0 Å². The third-order valence-electron chi connectivity index (χ3n) is 1.57. The van der Waals surface area contributed by atoms with Crippen LogP contribution in [0.3, 0.4) is 0 Å². The van der Waals surface area contributed by atoms with Crippen LogP contribution in [-0.4, -0.2) is 24.1 Å². The quantitative estimate of drug-likeness (QED) is 0.503. The largest absolute Gasteiger partial charge is 0.462 e. The van der Waals surface area contributed by atoms with Gasteiger partial charge in [-0.3, -0.25) is 9.59 Å². The van der Waals surface area contributed by atoms with Gasteiger partial charge in [0.2, 0.25) is 0 Å². The second kappa shape index (κ2) is 3.56. The molecule has 0 aromatic rings. The van der Waals surface area contributed by atoms with Crippen LogP contribution in [0.25, 0.3) is 0 Å². The Labute approximate surface area is 70.8 Å². The zero-order valence-electron chi connectivity index (χ0n) is 7.20. The number of hydrogen-bond acceptors (Lipinski definition) is 4. The van der Waals surface area contributed by atoms with Gasteiger partial charge in [0.05, 0.1) is 12.8 Å². The number of carbonyl (C=O) groups excluding carboxylic acids is 2. The van der Waals surface area contributed by atoms with Gasteiger partial charge in [-0.15, -0.1) is 0 Å². The summed E-state index contributed by atoms with van der Waals surface area (Å²) >= 11 is 0. The Hall–Kier alpha value is -1.06. The highest BCUT2D eigenvalue weighted by atomic mass is 16.6. The van der Waals surface area contributed by atoms with E-state index in [0.29, 0.717) is 0 Å². The van der Waals surface area contributed by atoms with E-state index in [0.717, 1.165) is 0 Å². The smallest absolute Gasteiger partial charge is 0.309 e.